The summed E-state index contributed by atoms with van der Waals surface area (Å²) in [6.45, 7) is -1.67. The van der Waals surface area contributed by atoms with Crippen molar-refractivity contribution < 1.29 is 42.0 Å². The molecule has 3 rings (SSSR count). The lowest BCUT2D eigenvalue weighted by molar-refractivity contribution is -0.385. The number of non-ortho nitro benzene ring substituents is 1. The van der Waals surface area contributed by atoms with Gasteiger partial charge in [0.15, 0.2) is 6.61 Å². The zero-order chi connectivity index (χ0) is 23.6. The number of hydrogen-bond donors (Lipinski definition) is 1. The van der Waals surface area contributed by atoms with Crippen LogP contribution in [0.15, 0.2) is 18.2 Å². The van der Waals surface area contributed by atoms with Crippen molar-refractivity contribution in [3.05, 3.63) is 33.9 Å². The number of hydrogen-bond acceptors (Lipinski definition) is 7. The predicted octanol–water partition coefficient (Wildman–Crippen LogP) is 2.27. The average molecular weight is 457 g/mol. The van der Waals surface area contributed by atoms with Gasteiger partial charge in [0.05, 0.1) is 28.0 Å². The van der Waals surface area contributed by atoms with Crippen molar-refractivity contribution in [2.24, 2.45) is 11.8 Å². The summed E-state index contributed by atoms with van der Waals surface area (Å²) in [5, 5.41) is 12.6. The van der Waals surface area contributed by atoms with E-state index < -0.39 is 76.7 Å². The van der Waals surface area contributed by atoms with Gasteiger partial charge in [-0.2, -0.15) is 13.2 Å². The van der Waals surface area contributed by atoms with Crippen LogP contribution >= 0.6 is 0 Å². The van der Waals surface area contributed by atoms with Gasteiger partial charge in [-0.25, -0.2) is 0 Å². The number of nitrogens with zero attached hydrogens (tertiary/aromatic N) is 2. The number of carbonyl (C=O) groups is 4. The monoisotopic (exact) mass is 457 g/mol. The topological polar surface area (TPSA) is 136 Å². The highest BCUT2D eigenvalue weighted by molar-refractivity contribution is 6.07. The summed E-state index contributed by atoms with van der Waals surface area (Å²) < 4.78 is 44.2. The number of ether oxygens (including phenoxy) is 1. The highest BCUT2D eigenvalue weighted by Gasteiger charge is 2.48. The molecule has 1 heterocycles. The van der Waals surface area contributed by atoms with Crippen molar-refractivity contribution in [1.29, 1.82) is 0 Å². The van der Waals surface area contributed by atoms with Gasteiger partial charge in [0.1, 0.15) is 6.54 Å². The molecule has 3 amide bonds. The van der Waals surface area contributed by atoms with E-state index in [0.717, 1.165) is 23.8 Å². The third kappa shape index (κ3) is 4.86. The second kappa shape index (κ2) is 8.93. The normalized spacial score (nSPS) is 20.7. The lowest BCUT2D eigenvalue weighted by Gasteiger charge is -2.19. The number of anilines is 1. The van der Waals surface area contributed by atoms with Gasteiger partial charge in [0.2, 0.25) is 11.8 Å². The van der Waals surface area contributed by atoms with Crippen LogP contribution in [0.1, 0.15) is 31.2 Å². The molecular weight excluding hydrogens is 439 g/mol. The summed E-state index contributed by atoms with van der Waals surface area (Å²) in [7, 11) is 0. The first-order chi connectivity index (χ1) is 15.0. The van der Waals surface area contributed by atoms with Crippen LogP contribution in [0.25, 0.3) is 0 Å². The number of rotatable bonds is 6. The van der Waals surface area contributed by atoms with Crippen LogP contribution in [0.5, 0.6) is 0 Å². The summed E-state index contributed by atoms with van der Waals surface area (Å²) in [6, 6.07) is 1.76. The minimum Gasteiger partial charge on any atom is -0.454 e. The summed E-state index contributed by atoms with van der Waals surface area (Å²) in [5.41, 5.74) is -3.01. The molecule has 2 fully saturated rings. The quantitative estimate of drug-likeness (QED) is 0.300. The fraction of sp³-hybridized carbons (Fsp3) is 0.474. The molecule has 0 spiro atoms. The van der Waals surface area contributed by atoms with E-state index in [0.29, 0.717) is 18.9 Å². The molecule has 1 saturated carbocycles. The van der Waals surface area contributed by atoms with E-state index in [1.165, 1.54) is 0 Å². The zero-order valence-electron chi connectivity index (χ0n) is 16.5. The number of nitrogens with one attached hydrogen (secondary N) is 1. The molecule has 1 N–H and O–H groups in total. The molecule has 32 heavy (non-hydrogen) atoms. The molecule has 1 saturated heterocycles. The number of halogens is 3. The number of nitro benzene ring substituents is 1. The van der Waals surface area contributed by atoms with Gasteiger partial charge in [-0.05, 0) is 18.9 Å². The number of esters is 1. The number of nitro groups is 1. The maximum atomic E-state index is 13.2. The number of amides is 3. The molecule has 0 aromatic heterocycles. The highest BCUT2D eigenvalue weighted by Crippen LogP contribution is 2.38. The molecule has 1 aromatic rings. The number of fused-ring (bicyclic) bond motifs is 1. The largest absolute Gasteiger partial charge is 0.454 e. The van der Waals surface area contributed by atoms with Crippen molar-refractivity contribution in [3.8, 4) is 0 Å². The standard InChI is InChI=1S/C19H18F3N3O7/c20-19(21,22)13-7-10(25(30)31)5-6-14(13)23-15(26)9-32-16(27)8-24-17(28)11-3-1-2-4-12(11)18(24)29/h5-7,11-12H,1-4,8-9H2,(H,23,26)/t11-,12-/m0/s1. The van der Waals surface area contributed by atoms with E-state index >= 15 is 0 Å². The molecule has 172 valence electrons. The highest BCUT2D eigenvalue weighted by atomic mass is 19.4. The van der Waals surface area contributed by atoms with E-state index in [9.17, 15) is 42.5 Å². The molecule has 0 radical (unpaired) electrons. The first-order valence-corrected chi connectivity index (χ1v) is 9.65. The van der Waals surface area contributed by atoms with Crippen molar-refractivity contribution >= 4 is 35.1 Å². The van der Waals surface area contributed by atoms with E-state index in [2.05, 4.69) is 4.74 Å². The molecule has 2 aliphatic rings. The zero-order valence-corrected chi connectivity index (χ0v) is 16.5. The maximum Gasteiger partial charge on any atom is 0.418 e. The van der Waals surface area contributed by atoms with Crippen LogP contribution in [0, 0.1) is 22.0 Å². The Morgan fingerprint density at radius 3 is 2.28 bits per heavy atom. The van der Waals surface area contributed by atoms with Gasteiger partial charge in [-0.1, -0.05) is 12.8 Å². The molecule has 1 aromatic carbocycles. The third-order valence-corrected chi connectivity index (χ3v) is 5.38. The Bertz CT molecular complexity index is 955. The Labute approximate surface area is 178 Å². The van der Waals surface area contributed by atoms with Crippen LogP contribution in [0.4, 0.5) is 24.5 Å². The van der Waals surface area contributed by atoms with Crippen molar-refractivity contribution in [3.63, 3.8) is 0 Å². The predicted molar refractivity (Wildman–Crippen MR) is 99.9 cm³/mol. The van der Waals surface area contributed by atoms with Gasteiger partial charge in [-0.15, -0.1) is 0 Å². The van der Waals surface area contributed by atoms with Crippen LogP contribution < -0.4 is 5.32 Å². The Morgan fingerprint density at radius 2 is 1.75 bits per heavy atom. The minimum atomic E-state index is -4.99. The fourth-order valence-corrected chi connectivity index (χ4v) is 3.88. The van der Waals surface area contributed by atoms with Crippen LogP contribution in [-0.2, 0) is 30.1 Å². The molecular formula is C19H18F3N3O7. The Hall–Kier alpha value is -3.51. The fourth-order valence-electron chi connectivity index (χ4n) is 3.88. The summed E-state index contributed by atoms with van der Waals surface area (Å²) in [6.07, 6.45) is -2.26. The average Bonchev–Trinajstić information content (AvgIpc) is 2.97. The second-order valence-corrected chi connectivity index (χ2v) is 7.45. The van der Waals surface area contributed by atoms with Crippen molar-refractivity contribution in [2.45, 2.75) is 31.9 Å². The van der Waals surface area contributed by atoms with Gasteiger partial charge in [0, 0.05) is 12.1 Å². The lowest BCUT2D eigenvalue weighted by atomic mass is 9.81. The molecule has 1 aliphatic heterocycles. The number of benzene rings is 1. The Kier molecular flexibility index (Phi) is 6.46. The number of likely N-dealkylation sites (tertiary alicyclic amines) is 1. The molecule has 1 aliphatic carbocycles. The van der Waals surface area contributed by atoms with Gasteiger partial charge >= 0.3 is 12.1 Å². The first kappa shape index (κ1) is 23.2. The van der Waals surface area contributed by atoms with Crippen molar-refractivity contribution in [2.75, 3.05) is 18.5 Å². The van der Waals surface area contributed by atoms with Crippen LogP contribution in [-0.4, -0.2) is 46.7 Å². The molecule has 0 bridgehead atoms. The number of carbonyl (C=O) groups excluding carboxylic acids is 4. The van der Waals surface area contributed by atoms with Crippen LogP contribution in [0.2, 0.25) is 0 Å². The second-order valence-electron chi connectivity index (χ2n) is 7.45. The molecule has 10 nitrogen and oxygen atoms in total. The molecule has 0 unspecified atom stereocenters. The number of imide groups is 1. The lowest BCUT2D eigenvalue weighted by Crippen LogP contribution is -2.37. The van der Waals surface area contributed by atoms with E-state index in [4.69, 9.17) is 0 Å². The van der Waals surface area contributed by atoms with Gasteiger partial charge < -0.3 is 10.1 Å². The minimum absolute atomic E-state index is 0.270. The summed E-state index contributed by atoms with van der Waals surface area (Å²) in [5.74, 6) is -4.07. The van der Waals surface area contributed by atoms with E-state index in [1.54, 1.807) is 0 Å². The maximum absolute atomic E-state index is 13.2. The molecule has 2 atom stereocenters. The summed E-state index contributed by atoms with van der Waals surface area (Å²) >= 11 is 0. The Morgan fingerprint density at radius 1 is 1.16 bits per heavy atom. The van der Waals surface area contributed by atoms with E-state index in [1.807, 2.05) is 5.32 Å². The van der Waals surface area contributed by atoms with Gasteiger partial charge in [-0.3, -0.25) is 34.2 Å². The van der Waals surface area contributed by atoms with Crippen molar-refractivity contribution in [1.82, 2.24) is 4.90 Å². The van der Waals surface area contributed by atoms with Crippen LogP contribution in [0.3, 0.4) is 0 Å². The molecule has 13 heteroatoms. The third-order valence-electron chi connectivity index (χ3n) is 5.38. The number of alkyl halides is 3. The summed E-state index contributed by atoms with van der Waals surface area (Å²) in [4.78, 5) is 59.1. The van der Waals surface area contributed by atoms with Gasteiger partial charge in [0.25, 0.3) is 11.6 Å². The first-order valence-electron chi connectivity index (χ1n) is 9.65. The smallest absolute Gasteiger partial charge is 0.418 e. The Balaban J connectivity index is 1.58. The SMILES string of the molecule is O=C(COC(=O)CN1C(=O)[C@H]2CCCC[C@@H]2C1=O)Nc1ccc([N+](=O)[O-])cc1C(F)(F)F. The van der Waals surface area contributed by atoms with E-state index in [-0.39, 0.29) is 6.07 Å².